The molecule has 0 unspecified atom stereocenters. The van der Waals surface area contributed by atoms with Crippen LogP contribution in [0.5, 0.6) is 5.88 Å². The Balaban J connectivity index is 2.98. The predicted octanol–water partition coefficient (Wildman–Crippen LogP) is 0.500. The summed E-state index contributed by atoms with van der Waals surface area (Å²) >= 11 is 0. The lowest BCUT2D eigenvalue weighted by Crippen LogP contribution is -2.41. The average Bonchev–Trinajstić information content (AvgIpc) is 2.29. The number of nitrogens with one attached hydrogen (secondary N) is 1. The van der Waals surface area contributed by atoms with Crippen LogP contribution in [0.1, 0.15) is 27.7 Å². The van der Waals surface area contributed by atoms with Crippen LogP contribution in [0.2, 0.25) is 0 Å². The molecule has 2 N–H and O–H groups in total. The Hall–Kier alpha value is -1.63. The Morgan fingerprint density at radius 3 is 2.26 bits per heavy atom. The molecule has 0 aromatic carbocycles. The van der Waals surface area contributed by atoms with Gasteiger partial charge < -0.3 is 5.11 Å². The Morgan fingerprint density at radius 1 is 1.26 bits per heavy atom. The van der Waals surface area contributed by atoms with E-state index in [-0.39, 0.29) is 18.6 Å². The van der Waals surface area contributed by atoms with Crippen LogP contribution in [0.3, 0.4) is 0 Å². The van der Waals surface area contributed by atoms with Gasteiger partial charge in [-0.2, -0.15) is 4.39 Å². The van der Waals surface area contributed by atoms with Gasteiger partial charge in [-0.15, -0.1) is 0 Å². The van der Waals surface area contributed by atoms with Gasteiger partial charge in [0.15, 0.2) is 0 Å². The smallest absolute Gasteiger partial charge is 0.331 e. The molecule has 7 heteroatoms. The third-order valence-corrected chi connectivity index (χ3v) is 3.03. The van der Waals surface area contributed by atoms with Crippen LogP contribution in [-0.2, 0) is 6.54 Å². The third-order valence-electron chi connectivity index (χ3n) is 3.03. The average molecular weight is 273 g/mol. The van der Waals surface area contributed by atoms with E-state index in [1.54, 1.807) is 0 Å². The van der Waals surface area contributed by atoms with Crippen molar-refractivity contribution in [2.24, 2.45) is 0 Å². The number of aromatic hydroxyl groups is 1. The molecule has 1 aromatic heterocycles. The first-order valence-electron chi connectivity index (χ1n) is 6.23. The summed E-state index contributed by atoms with van der Waals surface area (Å²) in [5.74, 6) is -2.25. The minimum atomic E-state index is -1.33. The maximum absolute atomic E-state index is 13.2. The number of aromatic nitrogens is 2. The van der Waals surface area contributed by atoms with Crippen LogP contribution >= 0.6 is 0 Å². The normalized spacial score (nSPS) is 11.8. The van der Waals surface area contributed by atoms with Crippen LogP contribution in [0.15, 0.2) is 9.59 Å². The molecule has 1 heterocycles. The second-order valence-corrected chi connectivity index (χ2v) is 4.97. The van der Waals surface area contributed by atoms with Gasteiger partial charge in [0.25, 0.3) is 5.56 Å². The second-order valence-electron chi connectivity index (χ2n) is 4.97. The molecule has 1 rings (SSSR count). The van der Waals surface area contributed by atoms with Crippen LogP contribution in [0.4, 0.5) is 4.39 Å². The van der Waals surface area contributed by atoms with Crippen molar-refractivity contribution >= 4 is 0 Å². The SMILES string of the molecule is CC(C)N(CCn1c(O)c(F)c(=O)[nH]c1=O)C(C)C. The molecular formula is C12H20FN3O3. The largest absolute Gasteiger partial charge is 0.492 e. The van der Waals surface area contributed by atoms with E-state index < -0.39 is 22.9 Å². The minimum Gasteiger partial charge on any atom is -0.492 e. The fraction of sp³-hybridized carbons (Fsp3) is 0.667. The molecule has 19 heavy (non-hydrogen) atoms. The van der Waals surface area contributed by atoms with Gasteiger partial charge in [-0.05, 0) is 27.7 Å². The lowest BCUT2D eigenvalue weighted by Gasteiger charge is -2.30. The molecule has 0 amide bonds. The van der Waals surface area contributed by atoms with Crippen LogP contribution in [0, 0.1) is 5.82 Å². The molecule has 0 spiro atoms. The summed E-state index contributed by atoms with van der Waals surface area (Å²) in [6.45, 7) is 8.61. The van der Waals surface area contributed by atoms with E-state index in [2.05, 4.69) is 4.90 Å². The highest BCUT2D eigenvalue weighted by Crippen LogP contribution is 2.09. The first-order valence-corrected chi connectivity index (χ1v) is 6.23. The number of H-pyrrole nitrogens is 1. The van der Waals surface area contributed by atoms with Gasteiger partial charge in [0.2, 0.25) is 11.7 Å². The first-order chi connectivity index (χ1) is 8.75. The van der Waals surface area contributed by atoms with Crippen molar-refractivity contribution in [1.82, 2.24) is 14.5 Å². The van der Waals surface area contributed by atoms with Gasteiger partial charge in [0.1, 0.15) is 0 Å². The zero-order valence-electron chi connectivity index (χ0n) is 11.6. The molecule has 1 aromatic rings. The van der Waals surface area contributed by atoms with E-state index in [1.165, 1.54) is 0 Å². The molecule has 0 bridgehead atoms. The van der Waals surface area contributed by atoms with Gasteiger partial charge in [-0.1, -0.05) is 0 Å². The molecular weight excluding hydrogens is 253 g/mol. The molecule has 6 nitrogen and oxygen atoms in total. The molecule has 0 saturated heterocycles. The number of hydrogen-bond acceptors (Lipinski definition) is 4. The van der Waals surface area contributed by atoms with Crippen molar-refractivity contribution in [3.8, 4) is 5.88 Å². The zero-order valence-corrected chi connectivity index (χ0v) is 11.6. The monoisotopic (exact) mass is 273 g/mol. The molecule has 0 aliphatic rings. The summed E-state index contributed by atoms with van der Waals surface area (Å²) in [5, 5.41) is 9.50. The summed E-state index contributed by atoms with van der Waals surface area (Å²) in [6, 6.07) is 0.510. The van der Waals surface area contributed by atoms with Crippen LogP contribution in [0.25, 0.3) is 0 Å². The maximum atomic E-state index is 13.2. The van der Waals surface area contributed by atoms with Crippen molar-refractivity contribution in [1.29, 1.82) is 0 Å². The third kappa shape index (κ3) is 3.44. The number of aromatic amines is 1. The van der Waals surface area contributed by atoms with Gasteiger partial charge in [-0.25, -0.2) is 4.79 Å². The first kappa shape index (κ1) is 15.4. The van der Waals surface area contributed by atoms with E-state index in [0.717, 1.165) is 4.57 Å². The Kier molecular flexibility index (Phi) is 4.88. The van der Waals surface area contributed by atoms with E-state index >= 15 is 0 Å². The Bertz CT molecular complexity index is 540. The fourth-order valence-electron chi connectivity index (χ4n) is 2.07. The highest BCUT2D eigenvalue weighted by molar-refractivity contribution is 5.09. The topological polar surface area (TPSA) is 78.3 Å². The highest BCUT2D eigenvalue weighted by Gasteiger charge is 2.17. The lowest BCUT2D eigenvalue weighted by molar-refractivity contribution is 0.164. The summed E-state index contributed by atoms with van der Waals surface area (Å²) in [5.41, 5.74) is -2.01. The van der Waals surface area contributed by atoms with Crippen LogP contribution < -0.4 is 11.2 Å². The summed E-state index contributed by atoms with van der Waals surface area (Å²) in [4.78, 5) is 26.4. The van der Waals surface area contributed by atoms with Crippen molar-refractivity contribution < 1.29 is 9.50 Å². The number of halogens is 1. The molecule has 0 atom stereocenters. The summed E-state index contributed by atoms with van der Waals surface area (Å²) in [6.07, 6.45) is 0. The van der Waals surface area contributed by atoms with Crippen LogP contribution in [-0.4, -0.2) is 38.2 Å². The summed E-state index contributed by atoms with van der Waals surface area (Å²) < 4.78 is 14.1. The van der Waals surface area contributed by atoms with Crippen molar-refractivity contribution in [3.63, 3.8) is 0 Å². The number of hydrogen-bond donors (Lipinski definition) is 2. The van der Waals surface area contributed by atoms with Gasteiger partial charge in [0, 0.05) is 25.2 Å². The molecule has 0 aliphatic carbocycles. The highest BCUT2D eigenvalue weighted by atomic mass is 19.1. The van der Waals surface area contributed by atoms with Crippen molar-refractivity contribution in [2.75, 3.05) is 6.54 Å². The predicted molar refractivity (Wildman–Crippen MR) is 69.9 cm³/mol. The van der Waals surface area contributed by atoms with E-state index in [9.17, 15) is 19.1 Å². The standard InChI is InChI=1S/C12H20FN3O3/c1-7(2)15(8(3)4)5-6-16-11(18)9(13)10(17)14-12(16)19/h7-8,18H,5-6H2,1-4H3,(H,14,17,19). The molecule has 0 fully saturated rings. The Labute approximate surface area is 110 Å². The number of rotatable bonds is 5. The molecule has 0 aliphatic heterocycles. The number of nitrogens with zero attached hydrogens (tertiary/aromatic N) is 2. The minimum absolute atomic E-state index is 0.106. The second kappa shape index (κ2) is 6.01. The van der Waals surface area contributed by atoms with Gasteiger partial charge in [-0.3, -0.25) is 19.2 Å². The zero-order chi connectivity index (χ0) is 14.7. The van der Waals surface area contributed by atoms with Gasteiger partial charge in [0.05, 0.1) is 0 Å². The molecule has 0 saturated carbocycles. The summed E-state index contributed by atoms with van der Waals surface area (Å²) in [7, 11) is 0. The maximum Gasteiger partial charge on any atom is 0.331 e. The van der Waals surface area contributed by atoms with Crippen molar-refractivity contribution in [2.45, 2.75) is 46.3 Å². The van der Waals surface area contributed by atoms with E-state index in [4.69, 9.17) is 0 Å². The van der Waals surface area contributed by atoms with E-state index in [0.29, 0.717) is 6.54 Å². The van der Waals surface area contributed by atoms with Crippen molar-refractivity contribution in [3.05, 3.63) is 26.7 Å². The molecule has 0 radical (unpaired) electrons. The Morgan fingerprint density at radius 2 is 1.79 bits per heavy atom. The lowest BCUT2D eigenvalue weighted by atomic mass is 10.2. The van der Waals surface area contributed by atoms with E-state index in [1.807, 2.05) is 32.7 Å². The molecule has 108 valence electrons. The fourth-order valence-corrected chi connectivity index (χ4v) is 2.07. The quantitative estimate of drug-likeness (QED) is 0.819. The van der Waals surface area contributed by atoms with Gasteiger partial charge >= 0.3 is 5.69 Å².